The van der Waals surface area contributed by atoms with E-state index in [-0.39, 0.29) is 0 Å². The molecule has 2 heterocycles. The molecule has 8 heteroatoms. The molecule has 0 amide bonds. The first kappa shape index (κ1) is 18.6. The van der Waals surface area contributed by atoms with Gasteiger partial charge in [0.1, 0.15) is 12.1 Å². The van der Waals surface area contributed by atoms with Crippen molar-refractivity contribution >= 4 is 40.3 Å². The SMILES string of the molecule is COc1ccc(Sc2nc3c(N)ncnc3n2CCc2ccccc2)cc1Cl. The lowest BCUT2D eigenvalue weighted by Crippen LogP contribution is -2.04. The molecule has 142 valence electrons. The van der Waals surface area contributed by atoms with Gasteiger partial charge in [0.05, 0.1) is 12.1 Å². The molecule has 0 saturated heterocycles. The number of fused-ring (bicyclic) bond motifs is 1. The highest BCUT2D eigenvalue weighted by atomic mass is 35.5. The Balaban J connectivity index is 1.70. The van der Waals surface area contributed by atoms with Crippen LogP contribution in [0.4, 0.5) is 5.82 Å². The van der Waals surface area contributed by atoms with Gasteiger partial charge in [-0.1, -0.05) is 53.7 Å². The first-order valence-electron chi connectivity index (χ1n) is 8.67. The second-order valence-corrected chi connectivity index (χ2v) is 7.56. The largest absolute Gasteiger partial charge is 0.495 e. The number of benzene rings is 2. The average Bonchev–Trinajstić information content (AvgIpc) is 3.06. The molecule has 0 aliphatic heterocycles. The Morgan fingerprint density at radius 1 is 1.14 bits per heavy atom. The van der Waals surface area contributed by atoms with Crippen LogP contribution < -0.4 is 10.5 Å². The molecule has 6 nitrogen and oxygen atoms in total. The molecule has 4 rings (SSSR count). The van der Waals surface area contributed by atoms with E-state index in [2.05, 4.69) is 26.7 Å². The molecular formula is C20H18ClN5OS. The maximum absolute atomic E-state index is 6.27. The summed E-state index contributed by atoms with van der Waals surface area (Å²) in [6, 6.07) is 16.0. The second-order valence-electron chi connectivity index (χ2n) is 6.11. The van der Waals surface area contributed by atoms with Crippen LogP contribution in [0.1, 0.15) is 5.56 Å². The Kier molecular flexibility index (Phi) is 5.36. The predicted molar refractivity (Wildman–Crippen MR) is 112 cm³/mol. The zero-order chi connectivity index (χ0) is 19.5. The van der Waals surface area contributed by atoms with Crippen LogP contribution in [0.2, 0.25) is 5.02 Å². The first-order valence-corrected chi connectivity index (χ1v) is 9.87. The van der Waals surface area contributed by atoms with Crippen LogP contribution in [0.5, 0.6) is 5.75 Å². The fraction of sp³-hybridized carbons (Fsp3) is 0.150. The van der Waals surface area contributed by atoms with E-state index in [1.807, 2.05) is 36.4 Å². The Morgan fingerprint density at radius 2 is 1.96 bits per heavy atom. The molecule has 0 spiro atoms. The van der Waals surface area contributed by atoms with E-state index in [4.69, 9.17) is 27.1 Å². The standard InChI is InChI=1S/C20H18ClN5OS/c1-27-16-8-7-14(11-15(16)21)28-20-25-17-18(22)23-12-24-19(17)26(20)10-9-13-5-3-2-4-6-13/h2-8,11-12H,9-10H2,1H3,(H2,22,23,24). The van der Waals surface area contributed by atoms with Crippen molar-refractivity contribution in [3.8, 4) is 5.75 Å². The molecule has 0 aliphatic rings. The zero-order valence-corrected chi connectivity index (χ0v) is 16.7. The summed E-state index contributed by atoms with van der Waals surface area (Å²) < 4.78 is 7.30. The van der Waals surface area contributed by atoms with Crippen molar-refractivity contribution in [3.63, 3.8) is 0 Å². The van der Waals surface area contributed by atoms with E-state index in [0.717, 1.165) is 28.7 Å². The van der Waals surface area contributed by atoms with Crippen molar-refractivity contribution < 1.29 is 4.74 Å². The van der Waals surface area contributed by atoms with Crippen molar-refractivity contribution in [1.29, 1.82) is 0 Å². The highest BCUT2D eigenvalue weighted by Gasteiger charge is 2.16. The van der Waals surface area contributed by atoms with Crippen molar-refractivity contribution in [3.05, 3.63) is 65.4 Å². The number of rotatable bonds is 6. The van der Waals surface area contributed by atoms with Crippen molar-refractivity contribution in [1.82, 2.24) is 19.5 Å². The highest BCUT2D eigenvalue weighted by molar-refractivity contribution is 7.99. The number of aryl methyl sites for hydroxylation is 2. The molecule has 2 aromatic carbocycles. The number of nitrogen functional groups attached to an aromatic ring is 1. The van der Waals surface area contributed by atoms with E-state index in [1.165, 1.54) is 23.7 Å². The van der Waals surface area contributed by atoms with Crippen LogP contribution >= 0.6 is 23.4 Å². The molecular weight excluding hydrogens is 394 g/mol. The number of aromatic nitrogens is 4. The van der Waals surface area contributed by atoms with Gasteiger partial charge in [0.15, 0.2) is 22.1 Å². The molecule has 4 aromatic rings. The molecule has 28 heavy (non-hydrogen) atoms. The molecule has 0 radical (unpaired) electrons. The van der Waals surface area contributed by atoms with Gasteiger partial charge in [0.25, 0.3) is 0 Å². The number of hydrogen-bond acceptors (Lipinski definition) is 6. The average molecular weight is 412 g/mol. The van der Waals surface area contributed by atoms with Crippen molar-refractivity contribution in [2.75, 3.05) is 12.8 Å². The number of methoxy groups -OCH3 is 1. The van der Waals surface area contributed by atoms with Crippen LogP contribution in [-0.2, 0) is 13.0 Å². The van der Waals surface area contributed by atoms with E-state index < -0.39 is 0 Å². The number of halogens is 1. The van der Waals surface area contributed by atoms with Crippen LogP contribution in [0.15, 0.2) is 64.9 Å². The van der Waals surface area contributed by atoms with E-state index in [0.29, 0.717) is 22.1 Å². The lowest BCUT2D eigenvalue weighted by Gasteiger charge is -2.09. The summed E-state index contributed by atoms with van der Waals surface area (Å²) in [5.41, 5.74) is 8.61. The van der Waals surface area contributed by atoms with Gasteiger partial charge in [-0.25, -0.2) is 15.0 Å². The fourth-order valence-corrected chi connectivity index (χ4v) is 4.19. The first-order chi connectivity index (χ1) is 13.7. The third kappa shape index (κ3) is 3.76. The Bertz CT molecular complexity index is 1120. The molecule has 2 aromatic heterocycles. The van der Waals surface area contributed by atoms with Gasteiger partial charge in [-0.05, 0) is 30.2 Å². The summed E-state index contributed by atoms with van der Waals surface area (Å²) in [5, 5.41) is 1.35. The normalized spacial score (nSPS) is 11.1. The van der Waals surface area contributed by atoms with Crippen LogP contribution in [0, 0.1) is 0 Å². The fourth-order valence-electron chi connectivity index (χ4n) is 2.92. The van der Waals surface area contributed by atoms with Gasteiger partial charge in [0, 0.05) is 11.4 Å². The quantitative estimate of drug-likeness (QED) is 0.504. The van der Waals surface area contributed by atoms with Crippen LogP contribution in [-0.4, -0.2) is 26.6 Å². The number of ether oxygens (including phenoxy) is 1. The lowest BCUT2D eigenvalue weighted by molar-refractivity contribution is 0.414. The lowest BCUT2D eigenvalue weighted by atomic mass is 10.1. The van der Waals surface area contributed by atoms with E-state index in [9.17, 15) is 0 Å². The van der Waals surface area contributed by atoms with Crippen LogP contribution in [0.3, 0.4) is 0 Å². The number of imidazole rings is 1. The zero-order valence-electron chi connectivity index (χ0n) is 15.2. The number of nitrogens with two attached hydrogens (primary N) is 1. The van der Waals surface area contributed by atoms with Crippen molar-refractivity contribution in [2.24, 2.45) is 0 Å². The van der Waals surface area contributed by atoms with Gasteiger partial charge in [-0.2, -0.15) is 0 Å². The smallest absolute Gasteiger partial charge is 0.175 e. The van der Waals surface area contributed by atoms with Gasteiger partial charge in [0.2, 0.25) is 0 Å². The number of anilines is 1. The maximum Gasteiger partial charge on any atom is 0.175 e. The van der Waals surface area contributed by atoms with Gasteiger partial charge < -0.3 is 15.0 Å². The minimum absolute atomic E-state index is 0.373. The molecule has 2 N–H and O–H groups in total. The third-order valence-electron chi connectivity index (χ3n) is 4.32. The highest BCUT2D eigenvalue weighted by Crippen LogP contribution is 2.35. The molecule has 0 bridgehead atoms. The summed E-state index contributed by atoms with van der Waals surface area (Å²) >= 11 is 7.78. The Hall–Kier alpha value is -2.77. The Morgan fingerprint density at radius 3 is 2.71 bits per heavy atom. The van der Waals surface area contributed by atoms with Gasteiger partial charge in [-0.15, -0.1) is 0 Å². The second kappa shape index (κ2) is 8.08. The third-order valence-corrected chi connectivity index (χ3v) is 5.60. The van der Waals surface area contributed by atoms with Crippen molar-refractivity contribution in [2.45, 2.75) is 23.0 Å². The summed E-state index contributed by atoms with van der Waals surface area (Å²) in [7, 11) is 1.60. The summed E-state index contributed by atoms with van der Waals surface area (Å²) in [6.07, 6.45) is 2.32. The van der Waals surface area contributed by atoms with Crippen LogP contribution in [0.25, 0.3) is 11.2 Å². The molecule has 0 unspecified atom stereocenters. The maximum atomic E-state index is 6.27. The monoisotopic (exact) mass is 411 g/mol. The topological polar surface area (TPSA) is 78.8 Å². The van der Waals surface area contributed by atoms with Gasteiger partial charge >= 0.3 is 0 Å². The molecule has 0 saturated carbocycles. The number of nitrogens with zero attached hydrogens (tertiary/aromatic N) is 4. The summed E-state index contributed by atoms with van der Waals surface area (Å²) in [5.74, 6) is 1.01. The number of hydrogen-bond donors (Lipinski definition) is 1. The predicted octanol–water partition coefficient (Wildman–Crippen LogP) is 4.46. The summed E-state index contributed by atoms with van der Waals surface area (Å²) in [4.78, 5) is 14.1. The summed E-state index contributed by atoms with van der Waals surface area (Å²) in [6.45, 7) is 0.725. The van der Waals surface area contributed by atoms with E-state index in [1.54, 1.807) is 7.11 Å². The minimum Gasteiger partial charge on any atom is -0.495 e. The molecule has 0 fully saturated rings. The minimum atomic E-state index is 0.373. The molecule has 0 atom stereocenters. The van der Waals surface area contributed by atoms with E-state index >= 15 is 0 Å². The van der Waals surface area contributed by atoms with Gasteiger partial charge in [-0.3, -0.25) is 0 Å². The Labute approximate surface area is 171 Å². The molecule has 0 aliphatic carbocycles.